The highest BCUT2D eigenvalue weighted by atomic mass is 19.1. The Hall–Kier alpha value is -4.48. The number of aromatic nitrogens is 3. The lowest BCUT2D eigenvalue weighted by atomic mass is 10.2. The van der Waals surface area contributed by atoms with Crippen LogP contribution in [0.25, 0.3) is 0 Å². The fourth-order valence-electron chi connectivity index (χ4n) is 2.65. The number of hydrogen-bond donors (Lipinski definition) is 4. The number of H-pyrrole nitrogens is 2. The van der Waals surface area contributed by atoms with Crippen LogP contribution in [0.1, 0.15) is 17.5 Å². The summed E-state index contributed by atoms with van der Waals surface area (Å²) >= 11 is 0. The number of nitrogens with one attached hydrogen (secondary N) is 4. The lowest BCUT2D eigenvalue weighted by molar-refractivity contribution is -0.120. The van der Waals surface area contributed by atoms with Crippen LogP contribution in [0.5, 0.6) is 11.5 Å². The number of benzene rings is 2. The van der Waals surface area contributed by atoms with Gasteiger partial charge >= 0.3 is 5.69 Å². The molecule has 0 bridgehead atoms. The second-order valence-electron chi connectivity index (χ2n) is 6.62. The highest BCUT2D eigenvalue weighted by molar-refractivity contribution is 5.83. The maximum Gasteiger partial charge on any atom is 0.342 e. The molecule has 1 heterocycles. The number of halogens is 1. The molecule has 1 aromatic heterocycles. The summed E-state index contributed by atoms with van der Waals surface area (Å²) in [4.78, 5) is 36.3. The van der Waals surface area contributed by atoms with Gasteiger partial charge in [0, 0.05) is 18.5 Å². The van der Waals surface area contributed by atoms with Crippen molar-refractivity contribution in [2.75, 3.05) is 19.0 Å². The summed E-state index contributed by atoms with van der Waals surface area (Å²) in [6.07, 6.45) is 1.42. The quantitative estimate of drug-likeness (QED) is 0.264. The van der Waals surface area contributed by atoms with E-state index >= 15 is 0 Å². The van der Waals surface area contributed by atoms with Gasteiger partial charge in [0.25, 0.3) is 5.56 Å². The summed E-state index contributed by atoms with van der Waals surface area (Å²) in [5.74, 6) is -0.0112. The first kappa shape index (κ1) is 23.2. The van der Waals surface area contributed by atoms with Gasteiger partial charge in [-0.25, -0.2) is 19.7 Å². The van der Waals surface area contributed by atoms with Crippen LogP contribution in [0.3, 0.4) is 0 Å². The molecule has 11 nitrogen and oxygen atoms in total. The maximum atomic E-state index is 13.7. The lowest BCUT2D eigenvalue weighted by Gasteiger charge is -2.11. The van der Waals surface area contributed by atoms with Gasteiger partial charge in [-0.15, -0.1) is 5.10 Å². The van der Waals surface area contributed by atoms with Gasteiger partial charge in [0.1, 0.15) is 12.4 Å². The van der Waals surface area contributed by atoms with Gasteiger partial charge in [-0.1, -0.05) is 18.2 Å². The third-order valence-corrected chi connectivity index (χ3v) is 4.29. The van der Waals surface area contributed by atoms with Crippen molar-refractivity contribution in [3.63, 3.8) is 0 Å². The smallest absolute Gasteiger partial charge is 0.342 e. The van der Waals surface area contributed by atoms with Gasteiger partial charge in [-0.2, -0.15) is 5.10 Å². The molecule has 0 unspecified atom stereocenters. The van der Waals surface area contributed by atoms with E-state index in [1.54, 1.807) is 36.4 Å². The van der Waals surface area contributed by atoms with Gasteiger partial charge in [0.2, 0.25) is 11.7 Å². The van der Waals surface area contributed by atoms with Crippen molar-refractivity contribution in [3.05, 3.63) is 80.2 Å². The largest absolute Gasteiger partial charge is 0.493 e. The summed E-state index contributed by atoms with van der Waals surface area (Å²) in [6, 6.07) is 11.3. The molecule has 1 amide bonds. The van der Waals surface area contributed by atoms with Gasteiger partial charge < -0.3 is 14.8 Å². The third-order valence-electron chi connectivity index (χ3n) is 4.29. The Balaban J connectivity index is 1.49. The van der Waals surface area contributed by atoms with Crippen LogP contribution < -0.4 is 31.5 Å². The molecular weight excluding hydrogens is 435 g/mol. The van der Waals surface area contributed by atoms with Gasteiger partial charge in [-0.05, 0) is 29.8 Å². The summed E-state index contributed by atoms with van der Waals surface area (Å²) in [5.41, 5.74) is 2.00. The topological polar surface area (TPSA) is 151 Å². The first-order valence-corrected chi connectivity index (χ1v) is 9.75. The predicted molar refractivity (Wildman–Crippen MR) is 118 cm³/mol. The molecule has 0 saturated heterocycles. The van der Waals surface area contributed by atoms with Crippen LogP contribution in [-0.2, 0) is 11.4 Å². The fourth-order valence-corrected chi connectivity index (χ4v) is 2.65. The molecule has 0 saturated carbocycles. The van der Waals surface area contributed by atoms with Gasteiger partial charge in [-0.3, -0.25) is 14.6 Å². The van der Waals surface area contributed by atoms with Gasteiger partial charge in [0.15, 0.2) is 11.5 Å². The molecule has 0 atom stereocenters. The van der Waals surface area contributed by atoms with Gasteiger partial charge in [0.05, 0.1) is 13.3 Å². The number of rotatable bonds is 10. The van der Waals surface area contributed by atoms with Crippen LogP contribution in [0, 0.1) is 5.82 Å². The molecule has 12 heteroatoms. The lowest BCUT2D eigenvalue weighted by Crippen LogP contribution is -2.28. The van der Waals surface area contributed by atoms with E-state index in [0.29, 0.717) is 22.6 Å². The number of methoxy groups -OCH3 is 1. The van der Waals surface area contributed by atoms with Crippen molar-refractivity contribution < 1.29 is 18.7 Å². The summed E-state index contributed by atoms with van der Waals surface area (Å²) in [7, 11) is 1.48. The molecule has 0 aliphatic carbocycles. The minimum absolute atomic E-state index is 0.00370. The van der Waals surface area contributed by atoms with Crippen LogP contribution in [0.4, 0.5) is 10.2 Å². The van der Waals surface area contributed by atoms with Crippen molar-refractivity contribution >= 4 is 17.9 Å². The number of hydrazone groups is 1. The normalized spacial score (nSPS) is 10.7. The third kappa shape index (κ3) is 6.75. The van der Waals surface area contributed by atoms with E-state index in [2.05, 4.69) is 26.0 Å². The minimum atomic E-state index is -0.723. The predicted octanol–water partition coefficient (Wildman–Crippen LogP) is 1.14. The number of anilines is 1. The number of hydrogen-bond acceptors (Lipinski definition) is 8. The van der Waals surface area contributed by atoms with Crippen molar-refractivity contribution in [2.45, 2.75) is 13.0 Å². The molecule has 0 aliphatic heterocycles. The highest BCUT2D eigenvalue weighted by Gasteiger charge is 2.08. The molecule has 0 radical (unpaired) electrons. The SMILES string of the molecule is COc1cc(/C=N/NC(=O)CCNc2n[nH]c(=O)[nH]c2=O)ccc1OCc1ccccc1F. The molecule has 3 rings (SSSR count). The Morgan fingerprint density at radius 3 is 2.79 bits per heavy atom. The summed E-state index contributed by atoms with van der Waals surface area (Å²) in [6.45, 7) is 0.145. The Kier molecular flexibility index (Phi) is 7.89. The molecule has 0 aliphatic rings. The summed E-state index contributed by atoms with van der Waals surface area (Å²) < 4.78 is 24.7. The Morgan fingerprint density at radius 2 is 2.03 bits per heavy atom. The number of amides is 1. The minimum Gasteiger partial charge on any atom is -0.493 e. The molecule has 2 aromatic carbocycles. The second-order valence-corrected chi connectivity index (χ2v) is 6.62. The molecule has 33 heavy (non-hydrogen) atoms. The number of carbonyl (C=O) groups excluding carboxylic acids is 1. The monoisotopic (exact) mass is 456 g/mol. The molecule has 0 spiro atoms. The zero-order valence-electron chi connectivity index (χ0n) is 17.6. The van der Waals surface area contributed by atoms with Crippen LogP contribution in [0.2, 0.25) is 0 Å². The molecule has 4 N–H and O–H groups in total. The van der Waals surface area contributed by atoms with Crippen LogP contribution in [-0.4, -0.2) is 41.0 Å². The van der Waals surface area contributed by atoms with E-state index in [-0.39, 0.29) is 31.2 Å². The van der Waals surface area contributed by atoms with E-state index in [9.17, 15) is 18.8 Å². The molecule has 0 fully saturated rings. The van der Waals surface area contributed by atoms with Crippen LogP contribution in [0.15, 0.2) is 57.2 Å². The zero-order chi connectivity index (χ0) is 23.6. The average molecular weight is 456 g/mol. The van der Waals surface area contributed by atoms with Crippen molar-refractivity contribution in [1.82, 2.24) is 20.6 Å². The molecular formula is C21H21FN6O5. The molecule has 172 valence electrons. The standard InChI is InChI=1S/C21H21FN6O5/c1-32-17-10-13(6-7-16(17)33-12-14-4-2-3-5-15(14)22)11-24-26-18(29)8-9-23-19-20(30)25-21(31)28-27-19/h2-7,10-11H,8-9,12H2,1H3,(H,23,27)(H,26,29)(H2,25,28,30,31)/b24-11+. The number of carbonyl (C=O) groups is 1. The van der Waals surface area contributed by atoms with E-state index in [0.717, 1.165) is 0 Å². The highest BCUT2D eigenvalue weighted by Crippen LogP contribution is 2.28. The zero-order valence-corrected chi connectivity index (χ0v) is 17.6. The average Bonchev–Trinajstić information content (AvgIpc) is 2.80. The number of nitrogens with zero attached hydrogens (tertiary/aromatic N) is 2. The first-order chi connectivity index (χ1) is 16.0. The van der Waals surface area contributed by atoms with E-state index in [4.69, 9.17) is 9.47 Å². The first-order valence-electron chi connectivity index (χ1n) is 9.75. The van der Waals surface area contributed by atoms with Crippen molar-refractivity contribution in [3.8, 4) is 11.5 Å². The van der Waals surface area contributed by atoms with Crippen LogP contribution >= 0.6 is 0 Å². The van der Waals surface area contributed by atoms with E-state index in [1.807, 2.05) is 4.98 Å². The Morgan fingerprint density at radius 1 is 1.21 bits per heavy atom. The van der Waals surface area contributed by atoms with Crippen molar-refractivity contribution in [1.29, 1.82) is 0 Å². The fraction of sp³-hybridized carbons (Fsp3) is 0.190. The summed E-state index contributed by atoms with van der Waals surface area (Å²) in [5, 5.41) is 12.1. The Labute approximate surface area is 186 Å². The van der Waals surface area contributed by atoms with E-state index < -0.39 is 17.2 Å². The van der Waals surface area contributed by atoms with Crippen molar-refractivity contribution in [2.24, 2.45) is 5.10 Å². The number of ether oxygens (including phenoxy) is 2. The maximum absolute atomic E-state index is 13.7. The number of aromatic amines is 2. The molecule has 3 aromatic rings. The second kappa shape index (κ2) is 11.2. The Bertz CT molecular complexity index is 1260. The van der Waals surface area contributed by atoms with E-state index in [1.165, 1.54) is 19.4 Å².